The van der Waals surface area contributed by atoms with E-state index in [1.807, 2.05) is 5.38 Å². The molecule has 152 valence electrons. The summed E-state index contributed by atoms with van der Waals surface area (Å²) in [6, 6.07) is 10.1. The van der Waals surface area contributed by atoms with E-state index in [1.165, 1.54) is 42.6 Å². The van der Waals surface area contributed by atoms with E-state index in [4.69, 9.17) is 5.73 Å². The second-order valence-electron chi connectivity index (χ2n) is 7.27. The lowest BCUT2D eigenvalue weighted by Gasteiger charge is -2.28. The second kappa shape index (κ2) is 7.75. The Balaban J connectivity index is 1.41. The topological polar surface area (TPSA) is 101 Å². The van der Waals surface area contributed by atoms with Gasteiger partial charge in [0, 0.05) is 35.4 Å². The molecule has 0 aliphatic carbocycles. The van der Waals surface area contributed by atoms with Gasteiger partial charge in [0.2, 0.25) is 0 Å². The van der Waals surface area contributed by atoms with Crippen LogP contribution >= 0.6 is 11.3 Å². The molecule has 0 saturated carbocycles. The van der Waals surface area contributed by atoms with Crippen molar-refractivity contribution in [3.63, 3.8) is 0 Å². The Morgan fingerprint density at radius 2 is 1.90 bits per heavy atom. The number of rotatable bonds is 5. The van der Waals surface area contributed by atoms with Gasteiger partial charge in [0.15, 0.2) is 11.5 Å². The number of primary amides is 1. The van der Waals surface area contributed by atoms with Gasteiger partial charge >= 0.3 is 0 Å². The number of anilines is 3. The lowest BCUT2D eigenvalue weighted by Crippen LogP contribution is -2.29. The van der Waals surface area contributed by atoms with E-state index in [-0.39, 0.29) is 0 Å². The van der Waals surface area contributed by atoms with Gasteiger partial charge in [0.25, 0.3) is 5.91 Å². The number of benzene rings is 1. The number of hydrogen-bond acceptors (Lipinski definition) is 7. The number of aromatic nitrogens is 4. The van der Waals surface area contributed by atoms with Crippen LogP contribution in [-0.4, -0.2) is 38.6 Å². The van der Waals surface area contributed by atoms with Crippen LogP contribution in [0.15, 0.2) is 48.2 Å². The minimum atomic E-state index is -0.444. The predicted molar refractivity (Wildman–Crippen MR) is 118 cm³/mol. The van der Waals surface area contributed by atoms with Crippen LogP contribution in [0.3, 0.4) is 0 Å². The van der Waals surface area contributed by atoms with Crippen LogP contribution in [0.4, 0.5) is 17.2 Å². The van der Waals surface area contributed by atoms with Crippen molar-refractivity contribution >= 4 is 40.1 Å². The SMILES string of the molecule is NC(=O)c1cc(-c2cnc(Nc3ccc(N4CCCCC4)cc3)c3ncnn23)cs1. The van der Waals surface area contributed by atoms with Crippen molar-refractivity contribution in [1.82, 2.24) is 19.6 Å². The van der Waals surface area contributed by atoms with Crippen molar-refractivity contribution in [3.05, 3.63) is 53.1 Å². The molecular formula is C21H21N7OS. The second-order valence-corrected chi connectivity index (χ2v) is 8.18. The van der Waals surface area contributed by atoms with Crippen molar-refractivity contribution in [2.75, 3.05) is 23.3 Å². The number of nitrogens with zero attached hydrogens (tertiary/aromatic N) is 5. The molecule has 3 aromatic heterocycles. The minimum Gasteiger partial charge on any atom is -0.372 e. The Hall–Kier alpha value is -3.46. The number of carbonyl (C=O) groups is 1. The van der Waals surface area contributed by atoms with E-state index >= 15 is 0 Å². The quantitative estimate of drug-likeness (QED) is 0.512. The van der Waals surface area contributed by atoms with Gasteiger partial charge in [-0.1, -0.05) is 0 Å². The lowest BCUT2D eigenvalue weighted by molar-refractivity contribution is 0.100. The molecule has 0 unspecified atom stereocenters. The summed E-state index contributed by atoms with van der Waals surface area (Å²) < 4.78 is 1.71. The average molecular weight is 420 g/mol. The zero-order chi connectivity index (χ0) is 20.5. The summed E-state index contributed by atoms with van der Waals surface area (Å²) in [5.41, 5.74) is 9.75. The fourth-order valence-electron chi connectivity index (χ4n) is 3.75. The predicted octanol–water partition coefficient (Wildman–Crippen LogP) is 3.69. The molecule has 1 fully saturated rings. The number of nitrogens with one attached hydrogen (secondary N) is 1. The number of fused-ring (bicyclic) bond motifs is 1. The summed E-state index contributed by atoms with van der Waals surface area (Å²) >= 11 is 1.30. The van der Waals surface area contributed by atoms with Gasteiger partial charge in [0.05, 0.1) is 16.8 Å². The zero-order valence-corrected chi connectivity index (χ0v) is 17.1. The number of thiophene rings is 1. The third kappa shape index (κ3) is 3.48. The summed E-state index contributed by atoms with van der Waals surface area (Å²) in [5, 5.41) is 9.54. The maximum absolute atomic E-state index is 11.4. The van der Waals surface area contributed by atoms with E-state index in [2.05, 4.69) is 49.5 Å². The number of carbonyl (C=O) groups excluding carboxylic acids is 1. The molecule has 3 N–H and O–H groups in total. The van der Waals surface area contributed by atoms with Crippen molar-refractivity contribution in [3.8, 4) is 11.3 Å². The Morgan fingerprint density at radius 1 is 1.10 bits per heavy atom. The number of piperidine rings is 1. The van der Waals surface area contributed by atoms with Crippen LogP contribution < -0.4 is 16.0 Å². The molecule has 1 amide bonds. The Labute approximate surface area is 177 Å². The van der Waals surface area contributed by atoms with Crippen LogP contribution in [0.1, 0.15) is 28.9 Å². The normalized spacial score (nSPS) is 14.2. The summed E-state index contributed by atoms with van der Waals surface area (Å²) in [6.07, 6.45) is 7.05. The number of nitrogens with two attached hydrogens (primary N) is 1. The van der Waals surface area contributed by atoms with E-state index in [9.17, 15) is 4.79 Å². The molecule has 4 heterocycles. The van der Waals surface area contributed by atoms with Crippen LogP contribution in [0.25, 0.3) is 16.9 Å². The first-order valence-corrected chi connectivity index (χ1v) is 10.8. The first-order chi connectivity index (χ1) is 14.7. The molecule has 1 saturated heterocycles. The monoisotopic (exact) mass is 419 g/mol. The lowest BCUT2D eigenvalue weighted by atomic mass is 10.1. The molecule has 5 rings (SSSR count). The molecule has 0 atom stereocenters. The molecule has 1 aliphatic heterocycles. The highest BCUT2D eigenvalue weighted by molar-refractivity contribution is 7.12. The fraction of sp³-hybridized carbons (Fsp3) is 0.238. The largest absolute Gasteiger partial charge is 0.372 e. The third-order valence-corrected chi connectivity index (χ3v) is 6.24. The van der Waals surface area contributed by atoms with Crippen LogP contribution in [0, 0.1) is 0 Å². The van der Waals surface area contributed by atoms with Gasteiger partial charge in [-0.05, 0) is 49.6 Å². The minimum absolute atomic E-state index is 0.444. The fourth-order valence-corrected chi connectivity index (χ4v) is 4.50. The molecule has 1 aliphatic rings. The highest BCUT2D eigenvalue weighted by Crippen LogP contribution is 2.28. The van der Waals surface area contributed by atoms with Crippen molar-refractivity contribution < 1.29 is 4.79 Å². The zero-order valence-electron chi connectivity index (χ0n) is 16.3. The molecule has 30 heavy (non-hydrogen) atoms. The molecule has 0 spiro atoms. The Morgan fingerprint density at radius 3 is 2.63 bits per heavy atom. The van der Waals surface area contributed by atoms with Gasteiger partial charge < -0.3 is 16.0 Å². The third-order valence-electron chi connectivity index (χ3n) is 5.29. The Bertz CT molecular complexity index is 1190. The number of amides is 1. The molecule has 4 aromatic rings. The summed E-state index contributed by atoms with van der Waals surface area (Å²) in [5.74, 6) is 0.174. The van der Waals surface area contributed by atoms with Crippen LogP contribution in [0.2, 0.25) is 0 Å². The Kier molecular flexibility index (Phi) is 4.80. The van der Waals surface area contributed by atoms with Gasteiger partial charge in [-0.25, -0.2) is 14.5 Å². The standard InChI is InChI=1S/C21H21N7OS/c22-19(29)18-10-14(12-30-18)17-11-23-20(21-24-13-25-28(17)21)26-15-4-6-16(7-5-15)27-8-2-1-3-9-27/h4-7,10-13H,1-3,8-9H2,(H2,22,29)(H,23,26). The maximum atomic E-state index is 11.4. The summed E-state index contributed by atoms with van der Waals surface area (Å²) in [7, 11) is 0. The smallest absolute Gasteiger partial charge is 0.258 e. The first kappa shape index (κ1) is 18.6. The molecule has 8 nitrogen and oxygen atoms in total. The average Bonchev–Trinajstić information content (AvgIpc) is 3.46. The van der Waals surface area contributed by atoms with E-state index in [1.54, 1.807) is 16.8 Å². The highest BCUT2D eigenvalue weighted by Gasteiger charge is 2.15. The van der Waals surface area contributed by atoms with Gasteiger partial charge in [0.1, 0.15) is 6.33 Å². The first-order valence-electron chi connectivity index (χ1n) is 9.88. The van der Waals surface area contributed by atoms with Crippen molar-refractivity contribution in [2.45, 2.75) is 19.3 Å². The van der Waals surface area contributed by atoms with Gasteiger partial charge in [-0.2, -0.15) is 5.10 Å². The van der Waals surface area contributed by atoms with Crippen LogP contribution in [0.5, 0.6) is 0 Å². The molecule has 9 heteroatoms. The van der Waals surface area contributed by atoms with Gasteiger partial charge in [-0.3, -0.25) is 4.79 Å². The molecule has 1 aromatic carbocycles. The van der Waals surface area contributed by atoms with E-state index < -0.39 is 5.91 Å². The molecular weight excluding hydrogens is 398 g/mol. The maximum Gasteiger partial charge on any atom is 0.258 e. The summed E-state index contributed by atoms with van der Waals surface area (Å²) in [6.45, 7) is 2.24. The summed E-state index contributed by atoms with van der Waals surface area (Å²) in [4.78, 5) is 23.3. The highest BCUT2D eigenvalue weighted by atomic mass is 32.1. The van der Waals surface area contributed by atoms with Crippen LogP contribution in [-0.2, 0) is 0 Å². The molecule has 0 bridgehead atoms. The van der Waals surface area contributed by atoms with E-state index in [0.717, 1.165) is 30.0 Å². The number of hydrogen-bond donors (Lipinski definition) is 2. The van der Waals surface area contributed by atoms with Gasteiger partial charge in [-0.15, -0.1) is 11.3 Å². The van der Waals surface area contributed by atoms with Crippen molar-refractivity contribution in [2.24, 2.45) is 5.73 Å². The van der Waals surface area contributed by atoms with Crippen molar-refractivity contribution in [1.29, 1.82) is 0 Å². The molecule has 0 radical (unpaired) electrons. The van der Waals surface area contributed by atoms with E-state index in [0.29, 0.717) is 16.3 Å².